The fourth-order valence-electron chi connectivity index (χ4n) is 3.50. The molecule has 0 saturated carbocycles. The molecular weight excluding hydrogens is 238 g/mol. The summed E-state index contributed by atoms with van der Waals surface area (Å²) in [5.41, 5.74) is 3.85. The predicted molar refractivity (Wildman–Crippen MR) is 75.7 cm³/mol. The molecule has 2 fully saturated rings. The van der Waals surface area contributed by atoms with E-state index in [0.29, 0.717) is 12.6 Å². The smallest absolute Gasteiger partial charge is 0.120 e. The molecule has 2 aliphatic rings. The van der Waals surface area contributed by atoms with Gasteiger partial charge in [-0.2, -0.15) is 0 Å². The van der Waals surface area contributed by atoms with E-state index in [1.165, 1.54) is 12.8 Å². The Kier molecular flexibility index (Phi) is 3.73. The Morgan fingerprint density at radius 1 is 1.32 bits per heavy atom. The molecule has 2 saturated heterocycles. The number of piperidine rings is 1. The van der Waals surface area contributed by atoms with Crippen LogP contribution < -0.4 is 16.0 Å². The summed E-state index contributed by atoms with van der Waals surface area (Å²) in [6, 6.07) is 9.66. The van der Waals surface area contributed by atoms with Crippen molar-refractivity contribution in [1.82, 2.24) is 10.3 Å². The number of nitrogens with one attached hydrogen (secondary N) is 1. The van der Waals surface area contributed by atoms with Crippen LogP contribution in [0.4, 0.5) is 0 Å². The average molecular weight is 261 g/mol. The van der Waals surface area contributed by atoms with Gasteiger partial charge in [-0.05, 0) is 50.4 Å². The van der Waals surface area contributed by atoms with Crippen LogP contribution in [0.15, 0.2) is 24.3 Å². The molecule has 1 unspecified atom stereocenters. The Morgan fingerprint density at radius 3 is 2.74 bits per heavy atom. The summed E-state index contributed by atoms with van der Waals surface area (Å²) in [5, 5.41) is 0. The van der Waals surface area contributed by atoms with Crippen LogP contribution in [0, 0.1) is 0 Å². The van der Waals surface area contributed by atoms with E-state index in [0.717, 1.165) is 36.2 Å². The first-order valence-electron chi connectivity index (χ1n) is 7.17. The van der Waals surface area contributed by atoms with Crippen LogP contribution in [-0.4, -0.2) is 30.1 Å². The molecule has 0 radical (unpaired) electrons. The second kappa shape index (κ2) is 5.49. The lowest BCUT2D eigenvalue weighted by Gasteiger charge is -2.36. The van der Waals surface area contributed by atoms with Crippen molar-refractivity contribution in [2.24, 2.45) is 5.84 Å². The SMILES string of the molecule is CN1[C@@H]2CC[C@H]1CC(Oc1cccc(CNN)c1)C2. The third kappa shape index (κ3) is 2.76. The number of rotatable bonds is 4. The summed E-state index contributed by atoms with van der Waals surface area (Å²) < 4.78 is 6.18. The molecule has 2 bridgehead atoms. The minimum Gasteiger partial charge on any atom is -0.490 e. The summed E-state index contributed by atoms with van der Waals surface area (Å²) in [4.78, 5) is 2.54. The van der Waals surface area contributed by atoms with Gasteiger partial charge >= 0.3 is 0 Å². The van der Waals surface area contributed by atoms with Crippen molar-refractivity contribution >= 4 is 0 Å². The van der Waals surface area contributed by atoms with Crippen LogP contribution in [0.1, 0.15) is 31.2 Å². The van der Waals surface area contributed by atoms with Crippen LogP contribution >= 0.6 is 0 Å². The zero-order chi connectivity index (χ0) is 13.2. The van der Waals surface area contributed by atoms with Gasteiger partial charge in [0.15, 0.2) is 0 Å². The van der Waals surface area contributed by atoms with Gasteiger partial charge in [-0.25, -0.2) is 0 Å². The van der Waals surface area contributed by atoms with E-state index < -0.39 is 0 Å². The Morgan fingerprint density at radius 2 is 2.05 bits per heavy atom. The van der Waals surface area contributed by atoms with Crippen LogP contribution in [-0.2, 0) is 6.54 Å². The second-order valence-electron chi connectivity index (χ2n) is 5.79. The van der Waals surface area contributed by atoms with Gasteiger partial charge in [-0.15, -0.1) is 0 Å². The van der Waals surface area contributed by atoms with E-state index in [1.54, 1.807) is 0 Å². The third-order valence-electron chi connectivity index (χ3n) is 4.56. The summed E-state index contributed by atoms with van der Waals surface area (Å²) in [6.45, 7) is 0.676. The summed E-state index contributed by atoms with van der Waals surface area (Å²) >= 11 is 0. The minimum absolute atomic E-state index is 0.370. The highest BCUT2D eigenvalue weighted by Gasteiger charge is 2.39. The number of hydrogen-bond donors (Lipinski definition) is 2. The summed E-state index contributed by atoms with van der Waals surface area (Å²) in [5.74, 6) is 6.33. The molecule has 2 aliphatic heterocycles. The molecule has 4 nitrogen and oxygen atoms in total. The van der Waals surface area contributed by atoms with E-state index >= 15 is 0 Å². The standard InChI is InChI=1S/C15H23N3O/c1-18-12-5-6-13(18)9-15(8-12)19-14-4-2-3-11(7-14)10-17-16/h2-4,7,12-13,15,17H,5-6,8-10,16H2,1H3/t12-,13+,15?. The molecule has 104 valence electrons. The maximum absolute atomic E-state index is 6.18. The highest BCUT2D eigenvalue weighted by Crippen LogP contribution is 2.35. The van der Waals surface area contributed by atoms with Crippen molar-refractivity contribution in [2.75, 3.05) is 7.05 Å². The van der Waals surface area contributed by atoms with E-state index in [1.807, 2.05) is 12.1 Å². The Bertz CT molecular complexity index is 423. The second-order valence-corrected chi connectivity index (χ2v) is 5.79. The molecule has 3 N–H and O–H groups in total. The quantitative estimate of drug-likeness (QED) is 0.639. The van der Waals surface area contributed by atoms with Crippen molar-refractivity contribution < 1.29 is 4.74 Å². The topological polar surface area (TPSA) is 50.5 Å². The van der Waals surface area contributed by atoms with Gasteiger partial charge in [-0.3, -0.25) is 11.3 Å². The number of benzene rings is 1. The molecule has 19 heavy (non-hydrogen) atoms. The molecule has 0 aliphatic carbocycles. The predicted octanol–water partition coefficient (Wildman–Crippen LogP) is 1.65. The van der Waals surface area contributed by atoms with Gasteiger partial charge in [0.1, 0.15) is 11.9 Å². The first-order chi connectivity index (χ1) is 9.26. The molecule has 0 amide bonds. The van der Waals surface area contributed by atoms with E-state index in [2.05, 4.69) is 29.5 Å². The number of ether oxygens (including phenoxy) is 1. The summed E-state index contributed by atoms with van der Waals surface area (Å²) in [7, 11) is 2.26. The van der Waals surface area contributed by atoms with Crippen molar-refractivity contribution in [2.45, 2.75) is 50.4 Å². The first-order valence-corrected chi connectivity index (χ1v) is 7.17. The lowest BCUT2D eigenvalue weighted by atomic mass is 10.0. The van der Waals surface area contributed by atoms with Crippen molar-refractivity contribution in [1.29, 1.82) is 0 Å². The lowest BCUT2D eigenvalue weighted by molar-refractivity contribution is 0.0661. The molecule has 3 rings (SSSR count). The number of nitrogens with zero attached hydrogens (tertiary/aromatic N) is 1. The van der Waals surface area contributed by atoms with E-state index in [-0.39, 0.29) is 0 Å². The fourth-order valence-corrected chi connectivity index (χ4v) is 3.50. The van der Waals surface area contributed by atoms with Gasteiger partial charge in [0.2, 0.25) is 0 Å². The third-order valence-corrected chi connectivity index (χ3v) is 4.56. The number of hydrazine groups is 1. The first kappa shape index (κ1) is 12.9. The minimum atomic E-state index is 0.370. The molecule has 0 aromatic heterocycles. The van der Waals surface area contributed by atoms with Gasteiger partial charge in [0.05, 0.1) is 0 Å². The highest BCUT2D eigenvalue weighted by atomic mass is 16.5. The Hall–Kier alpha value is -1.10. The molecule has 2 heterocycles. The normalized spacial score (nSPS) is 30.5. The molecule has 1 aromatic rings. The molecule has 1 aromatic carbocycles. The van der Waals surface area contributed by atoms with Gasteiger partial charge < -0.3 is 9.64 Å². The van der Waals surface area contributed by atoms with Crippen LogP contribution in [0.3, 0.4) is 0 Å². The number of fused-ring (bicyclic) bond motifs is 2. The molecular formula is C15H23N3O. The molecule has 4 heteroatoms. The van der Waals surface area contributed by atoms with Gasteiger partial charge in [0, 0.05) is 18.6 Å². The zero-order valence-electron chi connectivity index (χ0n) is 11.5. The maximum atomic E-state index is 6.18. The number of nitrogens with two attached hydrogens (primary N) is 1. The Labute approximate surface area is 114 Å². The molecule has 0 spiro atoms. The van der Waals surface area contributed by atoms with E-state index in [4.69, 9.17) is 10.6 Å². The van der Waals surface area contributed by atoms with Crippen LogP contribution in [0.25, 0.3) is 0 Å². The van der Waals surface area contributed by atoms with Crippen molar-refractivity contribution in [3.8, 4) is 5.75 Å². The lowest BCUT2D eigenvalue weighted by Crippen LogP contribution is -2.43. The summed E-state index contributed by atoms with van der Waals surface area (Å²) in [6.07, 6.45) is 5.35. The van der Waals surface area contributed by atoms with Crippen molar-refractivity contribution in [3.05, 3.63) is 29.8 Å². The Balaban J connectivity index is 1.64. The highest BCUT2D eigenvalue weighted by molar-refractivity contribution is 5.28. The number of hydrogen-bond acceptors (Lipinski definition) is 4. The van der Waals surface area contributed by atoms with Gasteiger partial charge in [0.25, 0.3) is 0 Å². The van der Waals surface area contributed by atoms with Crippen LogP contribution in [0.5, 0.6) is 5.75 Å². The van der Waals surface area contributed by atoms with Gasteiger partial charge in [-0.1, -0.05) is 12.1 Å². The largest absolute Gasteiger partial charge is 0.490 e. The average Bonchev–Trinajstić information content (AvgIpc) is 2.63. The molecule has 3 atom stereocenters. The fraction of sp³-hybridized carbons (Fsp3) is 0.600. The van der Waals surface area contributed by atoms with Crippen LogP contribution in [0.2, 0.25) is 0 Å². The maximum Gasteiger partial charge on any atom is 0.120 e. The van der Waals surface area contributed by atoms with Crippen molar-refractivity contribution in [3.63, 3.8) is 0 Å². The monoisotopic (exact) mass is 261 g/mol. The zero-order valence-corrected chi connectivity index (χ0v) is 11.5. The van der Waals surface area contributed by atoms with E-state index in [9.17, 15) is 0 Å².